The molecule has 0 aliphatic carbocycles. The van der Waals surface area contributed by atoms with Gasteiger partial charge in [0.05, 0.1) is 30.2 Å². The lowest BCUT2D eigenvalue weighted by molar-refractivity contribution is -0.128. The largest absolute Gasteiger partial charge is 0.393 e. The minimum atomic E-state index is -1.04. The minimum absolute atomic E-state index is 0.257. The van der Waals surface area contributed by atoms with E-state index in [1.807, 2.05) is 6.07 Å². The molecular formula is C15H12BrNO4. The van der Waals surface area contributed by atoms with Crippen molar-refractivity contribution in [1.29, 1.82) is 0 Å². The molecule has 3 heterocycles. The number of carbonyl (C=O) groups is 2. The molecule has 1 N–H and O–H groups in total. The highest BCUT2D eigenvalue weighted by Gasteiger charge is 2.67. The molecule has 1 aromatic carbocycles. The third kappa shape index (κ3) is 1.58. The average molecular weight is 350 g/mol. The van der Waals surface area contributed by atoms with Crippen LogP contribution in [-0.2, 0) is 14.3 Å². The quantitative estimate of drug-likeness (QED) is 0.644. The molecule has 0 spiro atoms. The van der Waals surface area contributed by atoms with E-state index in [1.165, 1.54) is 4.90 Å². The predicted molar refractivity (Wildman–Crippen MR) is 77.4 cm³/mol. The summed E-state index contributed by atoms with van der Waals surface area (Å²) in [6.45, 7) is -0.299. The smallest absolute Gasteiger partial charge is 0.241 e. The third-order valence-electron chi connectivity index (χ3n) is 4.47. The molecular weight excluding hydrogens is 338 g/mol. The Morgan fingerprint density at radius 1 is 1.33 bits per heavy atom. The molecule has 4 unspecified atom stereocenters. The second kappa shape index (κ2) is 4.25. The van der Waals surface area contributed by atoms with Crippen LogP contribution in [0.25, 0.3) is 0 Å². The van der Waals surface area contributed by atoms with E-state index in [1.54, 1.807) is 30.4 Å². The van der Waals surface area contributed by atoms with Crippen LogP contribution in [0.3, 0.4) is 0 Å². The van der Waals surface area contributed by atoms with Gasteiger partial charge in [0.2, 0.25) is 11.8 Å². The lowest BCUT2D eigenvalue weighted by atomic mass is 9.77. The first-order valence-corrected chi connectivity index (χ1v) is 7.48. The van der Waals surface area contributed by atoms with Crippen LogP contribution < -0.4 is 4.90 Å². The zero-order chi connectivity index (χ0) is 14.8. The van der Waals surface area contributed by atoms with Crippen LogP contribution >= 0.6 is 15.9 Å². The van der Waals surface area contributed by atoms with Gasteiger partial charge in [-0.05, 0) is 18.2 Å². The van der Waals surface area contributed by atoms with Crippen LogP contribution in [0.15, 0.2) is 40.9 Å². The van der Waals surface area contributed by atoms with E-state index >= 15 is 0 Å². The molecule has 0 saturated carbocycles. The number of carbonyl (C=O) groups excluding carboxylic acids is 2. The SMILES string of the molecule is O=C1C2C3C=CC(CO)(O3)C2C(=O)N1c1cccc(Br)c1. The summed E-state index contributed by atoms with van der Waals surface area (Å²) < 4.78 is 6.48. The van der Waals surface area contributed by atoms with Crippen molar-refractivity contribution in [3.8, 4) is 0 Å². The van der Waals surface area contributed by atoms with Crippen molar-refractivity contribution in [3.63, 3.8) is 0 Å². The van der Waals surface area contributed by atoms with Crippen molar-refractivity contribution in [2.24, 2.45) is 11.8 Å². The second-order valence-corrected chi connectivity index (χ2v) is 6.47. The van der Waals surface area contributed by atoms with Gasteiger partial charge in [0, 0.05) is 4.47 Å². The normalized spacial score (nSPS) is 36.7. The highest BCUT2D eigenvalue weighted by molar-refractivity contribution is 9.10. The molecule has 4 rings (SSSR count). The van der Waals surface area contributed by atoms with Gasteiger partial charge in [0.1, 0.15) is 5.60 Å². The van der Waals surface area contributed by atoms with E-state index in [0.717, 1.165) is 4.47 Å². The maximum Gasteiger partial charge on any atom is 0.241 e. The molecule has 4 atom stereocenters. The minimum Gasteiger partial charge on any atom is -0.393 e. The van der Waals surface area contributed by atoms with Crippen molar-refractivity contribution in [2.75, 3.05) is 11.5 Å². The summed E-state index contributed by atoms with van der Waals surface area (Å²) in [7, 11) is 0. The number of hydrogen-bond donors (Lipinski definition) is 1. The molecule has 0 radical (unpaired) electrons. The maximum atomic E-state index is 12.7. The second-order valence-electron chi connectivity index (χ2n) is 5.55. The topological polar surface area (TPSA) is 66.8 Å². The Balaban J connectivity index is 1.79. The van der Waals surface area contributed by atoms with Crippen molar-refractivity contribution in [1.82, 2.24) is 0 Å². The standard InChI is InChI=1S/C15H12BrNO4/c16-8-2-1-3-9(6-8)17-13(19)11-10-4-5-15(7-18,21-10)12(11)14(17)20/h1-6,10-12,18H,7H2. The molecule has 5 nitrogen and oxygen atoms in total. The Hall–Kier alpha value is -1.50. The first kappa shape index (κ1) is 13.2. The number of nitrogens with zero attached hydrogens (tertiary/aromatic N) is 1. The molecule has 3 aliphatic heterocycles. The predicted octanol–water partition coefficient (Wildman–Crippen LogP) is 1.25. The van der Waals surface area contributed by atoms with E-state index in [4.69, 9.17) is 4.74 Å². The molecule has 21 heavy (non-hydrogen) atoms. The van der Waals surface area contributed by atoms with Crippen molar-refractivity contribution in [3.05, 3.63) is 40.9 Å². The molecule has 2 amide bonds. The molecule has 2 fully saturated rings. The fraction of sp³-hybridized carbons (Fsp3) is 0.333. The van der Waals surface area contributed by atoms with Gasteiger partial charge in [-0.25, -0.2) is 4.90 Å². The van der Waals surface area contributed by atoms with Crippen LogP contribution in [0.5, 0.6) is 0 Å². The summed E-state index contributed by atoms with van der Waals surface area (Å²) in [6, 6.07) is 7.07. The molecule has 108 valence electrons. The number of imide groups is 1. The fourth-order valence-corrected chi connectivity index (χ4v) is 3.94. The monoisotopic (exact) mass is 349 g/mol. The zero-order valence-electron chi connectivity index (χ0n) is 10.9. The summed E-state index contributed by atoms with van der Waals surface area (Å²) in [6.07, 6.45) is 3.07. The Labute approximate surface area is 129 Å². The van der Waals surface area contributed by atoms with Crippen molar-refractivity contribution < 1.29 is 19.4 Å². The first-order valence-electron chi connectivity index (χ1n) is 6.69. The van der Waals surface area contributed by atoms with E-state index in [2.05, 4.69) is 15.9 Å². The maximum absolute atomic E-state index is 12.7. The van der Waals surface area contributed by atoms with Crippen LogP contribution in [0.1, 0.15) is 0 Å². The fourth-order valence-electron chi connectivity index (χ4n) is 3.55. The molecule has 3 aliphatic rings. The van der Waals surface area contributed by atoms with E-state index in [9.17, 15) is 14.7 Å². The number of aliphatic hydroxyl groups is 1. The summed E-state index contributed by atoms with van der Waals surface area (Å²) in [5, 5.41) is 9.63. The Kier molecular flexibility index (Phi) is 2.67. The third-order valence-corrected chi connectivity index (χ3v) is 4.96. The van der Waals surface area contributed by atoms with Gasteiger partial charge < -0.3 is 9.84 Å². The lowest BCUT2D eigenvalue weighted by Gasteiger charge is -2.26. The van der Waals surface area contributed by atoms with Gasteiger partial charge in [0.25, 0.3) is 0 Å². The van der Waals surface area contributed by atoms with Gasteiger partial charge in [0.15, 0.2) is 0 Å². The summed E-state index contributed by atoms with van der Waals surface area (Å²) >= 11 is 3.34. The zero-order valence-corrected chi connectivity index (χ0v) is 12.5. The molecule has 6 heteroatoms. The Bertz CT molecular complexity index is 688. The van der Waals surface area contributed by atoms with Crippen molar-refractivity contribution >= 4 is 33.4 Å². The number of anilines is 1. The molecule has 2 bridgehead atoms. The van der Waals surface area contributed by atoms with Crippen LogP contribution in [0.4, 0.5) is 5.69 Å². The number of rotatable bonds is 2. The van der Waals surface area contributed by atoms with Crippen molar-refractivity contribution in [2.45, 2.75) is 11.7 Å². The van der Waals surface area contributed by atoms with E-state index in [-0.39, 0.29) is 18.4 Å². The van der Waals surface area contributed by atoms with Crippen LogP contribution in [0, 0.1) is 11.8 Å². The van der Waals surface area contributed by atoms with Gasteiger partial charge in [-0.15, -0.1) is 0 Å². The Morgan fingerprint density at radius 2 is 2.14 bits per heavy atom. The van der Waals surface area contributed by atoms with Gasteiger partial charge in [-0.3, -0.25) is 9.59 Å². The summed E-state index contributed by atoms with van der Waals surface area (Å²) in [5.41, 5.74) is -0.496. The van der Waals surface area contributed by atoms with Crippen LogP contribution in [0.2, 0.25) is 0 Å². The summed E-state index contributed by atoms with van der Waals surface area (Å²) in [4.78, 5) is 26.6. The van der Waals surface area contributed by atoms with Gasteiger partial charge in [-0.2, -0.15) is 0 Å². The van der Waals surface area contributed by atoms with E-state index < -0.39 is 23.5 Å². The Morgan fingerprint density at radius 3 is 2.86 bits per heavy atom. The molecule has 0 aromatic heterocycles. The number of aliphatic hydroxyl groups excluding tert-OH is 1. The van der Waals surface area contributed by atoms with Gasteiger partial charge in [-0.1, -0.05) is 34.1 Å². The molecule has 2 saturated heterocycles. The average Bonchev–Trinajstić information content (AvgIpc) is 3.10. The summed E-state index contributed by atoms with van der Waals surface area (Å²) in [5.74, 6) is -1.73. The highest BCUT2D eigenvalue weighted by atomic mass is 79.9. The van der Waals surface area contributed by atoms with Gasteiger partial charge >= 0.3 is 0 Å². The first-order chi connectivity index (χ1) is 10.1. The number of halogens is 1. The highest BCUT2D eigenvalue weighted by Crippen LogP contribution is 2.52. The number of amides is 2. The lowest BCUT2D eigenvalue weighted by Crippen LogP contribution is -2.43. The number of ether oxygens (including phenoxy) is 1. The number of fused-ring (bicyclic) bond motifs is 5. The van der Waals surface area contributed by atoms with E-state index in [0.29, 0.717) is 5.69 Å². The number of benzene rings is 1. The number of hydrogen-bond acceptors (Lipinski definition) is 4. The van der Waals surface area contributed by atoms with Crippen LogP contribution in [-0.4, -0.2) is 35.2 Å². The molecule has 1 aromatic rings.